The molecule has 0 bridgehead atoms. The first-order valence-electron chi connectivity index (χ1n) is 6.20. The summed E-state index contributed by atoms with van der Waals surface area (Å²) in [5.41, 5.74) is 7.77. The van der Waals surface area contributed by atoms with Gasteiger partial charge in [0.05, 0.1) is 5.69 Å². The van der Waals surface area contributed by atoms with E-state index in [0.717, 1.165) is 36.0 Å². The molecule has 0 saturated carbocycles. The van der Waals surface area contributed by atoms with Crippen LogP contribution in [0.1, 0.15) is 31.0 Å². The number of hydrogen-bond donors (Lipinski definition) is 1. The Balaban J connectivity index is 2.70. The smallest absolute Gasteiger partial charge is 0.131 e. The van der Waals surface area contributed by atoms with Gasteiger partial charge in [-0.2, -0.15) is 5.10 Å². The van der Waals surface area contributed by atoms with E-state index >= 15 is 0 Å². The van der Waals surface area contributed by atoms with Crippen molar-refractivity contribution in [2.75, 3.05) is 19.6 Å². The van der Waals surface area contributed by atoms with Crippen molar-refractivity contribution in [1.29, 1.82) is 0 Å². The molecule has 0 aromatic carbocycles. The molecule has 0 aliphatic heterocycles. The van der Waals surface area contributed by atoms with Gasteiger partial charge in [-0.1, -0.05) is 24.9 Å². The van der Waals surface area contributed by atoms with E-state index < -0.39 is 0 Å². The van der Waals surface area contributed by atoms with E-state index in [1.807, 2.05) is 14.0 Å². The van der Waals surface area contributed by atoms with E-state index in [-0.39, 0.29) is 0 Å². The number of rotatable bonds is 7. The third-order valence-electron chi connectivity index (χ3n) is 2.92. The maximum atomic E-state index is 6.23. The summed E-state index contributed by atoms with van der Waals surface area (Å²) >= 11 is 6.23. The van der Waals surface area contributed by atoms with Crippen molar-refractivity contribution >= 4 is 11.6 Å². The second-order valence-electron chi connectivity index (χ2n) is 4.40. The molecule has 98 valence electrons. The second kappa shape index (κ2) is 6.99. The van der Waals surface area contributed by atoms with Gasteiger partial charge < -0.3 is 5.73 Å². The summed E-state index contributed by atoms with van der Waals surface area (Å²) in [7, 11) is 1.87. The minimum atomic E-state index is 0.681. The summed E-state index contributed by atoms with van der Waals surface area (Å²) in [6.45, 7) is 7.70. The van der Waals surface area contributed by atoms with Crippen LogP contribution in [0.5, 0.6) is 0 Å². The Kier molecular flexibility index (Phi) is 5.95. The molecule has 1 rings (SSSR count). The summed E-state index contributed by atoms with van der Waals surface area (Å²) in [5, 5.41) is 5.07. The van der Waals surface area contributed by atoms with E-state index in [9.17, 15) is 0 Å². The zero-order valence-corrected chi connectivity index (χ0v) is 11.8. The van der Waals surface area contributed by atoms with Crippen LogP contribution in [0.25, 0.3) is 0 Å². The fourth-order valence-electron chi connectivity index (χ4n) is 1.91. The fourth-order valence-corrected chi connectivity index (χ4v) is 2.15. The monoisotopic (exact) mass is 258 g/mol. The topological polar surface area (TPSA) is 47.1 Å². The molecule has 0 spiro atoms. The number of aromatic nitrogens is 2. The zero-order valence-electron chi connectivity index (χ0n) is 11.0. The van der Waals surface area contributed by atoms with Crippen LogP contribution in [0.3, 0.4) is 0 Å². The van der Waals surface area contributed by atoms with Crippen molar-refractivity contribution in [3.63, 3.8) is 0 Å². The SMILES string of the molecule is CCCCN(CCN)Cc1c(C)nn(C)c1Cl. The largest absolute Gasteiger partial charge is 0.329 e. The highest BCUT2D eigenvalue weighted by molar-refractivity contribution is 6.30. The molecule has 0 unspecified atom stereocenters. The molecule has 0 amide bonds. The average Bonchev–Trinajstić information content (AvgIpc) is 2.53. The second-order valence-corrected chi connectivity index (χ2v) is 4.75. The third kappa shape index (κ3) is 3.98. The van der Waals surface area contributed by atoms with E-state index in [0.29, 0.717) is 6.54 Å². The minimum absolute atomic E-state index is 0.681. The molecular weight excluding hydrogens is 236 g/mol. The van der Waals surface area contributed by atoms with Gasteiger partial charge in [0.2, 0.25) is 0 Å². The highest BCUT2D eigenvalue weighted by Crippen LogP contribution is 2.20. The highest BCUT2D eigenvalue weighted by atomic mass is 35.5. The molecule has 4 nitrogen and oxygen atoms in total. The molecular formula is C12H23ClN4. The molecule has 5 heteroatoms. The maximum Gasteiger partial charge on any atom is 0.131 e. The van der Waals surface area contributed by atoms with Crippen molar-refractivity contribution in [3.05, 3.63) is 16.4 Å². The van der Waals surface area contributed by atoms with Crippen LogP contribution >= 0.6 is 11.6 Å². The summed E-state index contributed by atoms with van der Waals surface area (Å²) in [6, 6.07) is 0. The molecule has 17 heavy (non-hydrogen) atoms. The molecule has 0 saturated heterocycles. The van der Waals surface area contributed by atoms with Gasteiger partial charge in [0.15, 0.2) is 0 Å². The number of aryl methyl sites for hydroxylation is 2. The van der Waals surface area contributed by atoms with Crippen LogP contribution in [0.2, 0.25) is 5.15 Å². The van der Waals surface area contributed by atoms with Gasteiger partial charge in [-0.05, 0) is 19.9 Å². The Labute approximate surface area is 109 Å². The number of nitrogens with zero attached hydrogens (tertiary/aromatic N) is 3. The van der Waals surface area contributed by atoms with Crippen LogP contribution in [0, 0.1) is 6.92 Å². The van der Waals surface area contributed by atoms with Crippen molar-refractivity contribution in [1.82, 2.24) is 14.7 Å². The number of nitrogens with two attached hydrogens (primary N) is 1. The molecule has 0 aliphatic rings. The van der Waals surface area contributed by atoms with E-state index in [1.54, 1.807) is 4.68 Å². The molecule has 0 atom stereocenters. The maximum absolute atomic E-state index is 6.23. The van der Waals surface area contributed by atoms with E-state index in [4.69, 9.17) is 17.3 Å². The lowest BCUT2D eigenvalue weighted by Crippen LogP contribution is -2.30. The fraction of sp³-hybridized carbons (Fsp3) is 0.750. The molecule has 1 heterocycles. The predicted molar refractivity (Wildman–Crippen MR) is 72.2 cm³/mol. The van der Waals surface area contributed by atoms with Crippen molar-refractivity contribution in [3.8, 4) is 0 Å². The van der Waals surface area contributed by atoms with Crippen LogP contribution < -0.4 is 5.73 Å². The summed E-state index contributed by atoms with van der Waals surface area (Å²) in [4.78, 5) is 2.35. The Morgan fingerprint density at radius 1 is 1.41 bits per heavy atom. The summed E-state index contributed by atoms with van der Waals surface area (Å²) in [6.07, 6.45) is 2.39. The minimum Gasteiger partial charge on any atom is -0.329 e. The first-order chi connectivity index (χ1) is 8.10. The van der Waals surface area contributed by atoms with Crippen LogP contribution in [0.15, 0.2) is 0 Å². The first-order valence-corrected chi connectivity index (χ1v) is 6.58. The van der Waals surface area contributed by atoms with Crippen LogP contribution in [-0.4, -0.2) is 34.3 Å². The Morgan fingerprint density at radius 3 is 2.59 bits per heavy atom. The highest BCUT2D eigenvalue weighted by Gasteiger charge is 2.14. The third-order valence-corrected chi connectivity index (χ3v) is 3.40. The van der Waals surface area contributed by atoms with E-state index in [2.05, 4.69) is 16.9 Å². The summed E-state index contributed by atoms with van der Waals surface area (Å²) < 4.78 is 1.73. The lowest BCUT2D eigenvalue weighted by molar-refractivity contribution is 0.268. The Bertz CT molecular complexity index is 349. The van der Waals surface area contributed by atoms with Gasteiger partial charge in [0.1, 0.15) is 5.15 Å². The van der Waals surface area contributed by atoms with Crippen LogP contribution in [0.4, 0.5) is 0 Å². The van der Waals surface area contributed by atoms with Crippen molar-refractivity contribution in [2.45, 2.75) is 33.2 Å². The summed E-state index contributed by atoms with van der Waals surface area (Å²) in [5.74, 6) is 0. The van der Waals surface area contributed by atoms with Gasteiger partial charge in [0.25, 0.3) is 0 Å². The molecule has 1 aromatic heterocycles. The molecule has 1 aromatic rings. The zero-order chi connectivity index (χ0) is 12.8. The van der Waals surface area contributed by atoms with E-state index in [1.165, 1.54) is 12.8 Å². The average molecular weight is 259 g/mol. The molecule has 2 N–H and O–H groups in total. The van der Waals surface area contributed by atoms with Crippen LogP contribution in [-0.2, 0) is 13.6 Å². The standard InChI is InChI=1S/C12H23ClN4/c1-4-5-7-17(8-6-14)9-11-10(2)15-16(3)12(11)13/h4-9,14H2,1-3H3. The lowest BCUT2D eigenvalue weighted by atomic mass is 10.2. The Hall–Kier alpha value is -0.580. The molecule has 0 radical (unpaired) electrons. The van der Waals surface area contributed by atoms with Gasteiger partial charge >= 0.3 is 0 Å². The van der Waals surface area contributed by atoms with Crippen molar-refractivity contribution < 1.29 is 0 Å². The Morgan fingerprint density at radius 2 is 2.12 bits per heavy atom. The normalized spacial score (nSPS) is 11.4. The van der Waals surface area contributed by atoms with Gasteiger partial charge in [-0.15, -0.1) is 0 Å². The van der Waals surface area contributed by atoms with Gasteiger partial charge in [0, 0.05) is 32.2 Å². The lowest BCUT2D eigenvalue weighted by Gasteiger charge is -2.21. The number of unbranched alkanes of at least 4 members (excludes halogenated alkanes) is 1. The number of hydrogen-bond acceptors (Lipinski definition) is 3. The van der Waals surface area contributed by atoms with Crippen molar-refractivity contribution in [2.24, 2.45) is 12.8 Å². The van der Waals surface area contributed by atoms with Gasteiger partial charge in [-0.3, -0.25) is 9.58 Å². The number of halogens is 1. The molecule has 0 aliphatic carbocycles. The molecule has 0 fully saturated rings. The quantitative estimate of drug-likeness (QED) is 0.813. The van der Waals surface area contributed by atoms with Gasteiger partial charge in [-0.25, -0.2) is 0 Å². The predicted octanol–water partition coefficient (Wildman–Crippen LogP) is 1.94. The first kappa shape index (κ1) is 14.5.